The second kappa shape index (κ2) is 6.84. The second-order valence-electron chi connectivity index (χ2n) is 5.22. The molecule has 1 aromatic carbocycles. The minimum Gasteiger partial charge on any atom is -0.350 e. The Bertz CT molecular complexity index is 866. The molecule has 6 nitrogen and oxygen atoms in total. The van der Waals surface area contributed by atoms with Crippen molar-refractivity contribution in [1.29, 1.82) is 0 Å². The summed E-state index contributed by atoms with van der Waals surface area (Å²) in [7, 11) is 0.899. The Labute approximate surface area is 142 Å². The van der Waals surface area contributed by atoms with Gasteiger partial charge in [0.15, 0.2) is 0 Å². The molecule has 1 aromatic heterocycles. The molecule has 0 radical (unpaired) electrons. The zero-order chi connectivity index (χ0) is 19.7. The normalized spacial score (nSPS) is 12.3. The van der Waals surface area contributed by atoms with Crippen LogP contribution in [0.4, 0.5) is 26.3 Å². The van der Waals surface area contributed by atoms with E-state index >= 15 is 0 Å². The third-order valence-corrected chi connectivity index (χ3v) is 3.36. The first kappa shape index (κ1) is 19.5. The molecule has 1 heterocycles. The van der Waals surface area contributed by atoms with Crippen molar-refractivity contribution in [3.63, 3.8) is 0 Å². The summed E-state index contributed by atoms with van der Waals surface area (Å²) in [5.41, 5.74) is -2.32. The highest BCUT2D eigenvalue weighted by Gasteiger charge is 2.38. The molecule has 0 spiro atoms. The Balaban J connectivity index is 2.05. The smallest absolute Gasteiger partial charge is 0.350 e. The summed E-state index contributed by atoms with van der Waals surface area (Å²) < 4.78 is 76.6. The van der Waals surface area contributed by atoms with Gasteiger partial charge in [-0.05, 0) is 18.2 Å². The van der Waals surface area contributed by atoms with Crippen molar-refractivity contribution in [2.75, 3.05) is 6.54 Å². The highest BCUT2D eigenvalue weighted by molar-refractivity contribution is 5.94. The van der Waals surface area contributed by atoms with Crippen molar-refractivity contribution in [2.45, 2.75) is 18.9 Å². The summed E-state index contributed by atoms with van der Waals surface area (Å²) >= 11 is 0. The molecular weight excluding hydrogens is 370 g/mol. The van der Waals surface area contributed by atoms with Crippen LogP contribution in [0.3, 0.4) is 0 Å². The number of aromatic nitrogens is 3. The van der Waals surface area contributed by atoms with E-state index in [0.29, 0.717) is 15.3 Å². The monoisotopic (exact) mass is 382 g/mol. The van der Waals surface area contributed by atoms with Crippen molar-refractivity contribution in [1.82, 2.24) is 19.7 Å². The molecule has 0 unspecified atom stereocenters. The average molecular weight is 382 g/mol. The summed E-state index contributed by atoms with van der Waals surface area (Å²) in [4.78, 5) is 23.5. The Hall–Kier alpha value is -2.79. The van der Waals surface area contributed by atoms with E-state index in [1.807, 2.05) is 0 Å². The van der Waals surface area contributed by atoms with E-state index in [4.69, 9.17) is 0 Å². The van der Waals surface area contributed by atoms with Gasteiger partial charge >= 0.3 is 18.0 Å². The van der Waals surface area contributed by atoms with E-state index in [1.165, 1.54) is 0 Å². The van der Waals surface area contributed by atoms with Crippen LogP contribution in [0.1, 0.15) is 21.7 Å². The van der Waals surface area contributed by atoms with Crippen molar-refractivity contribution in [3.05, 3.63) is 51.7 Å². The first-order valence-corrected chi connectivity index (χ1v) is 7.07. The molecular formula is C14H12F6N4O2. The first-order chi connectivity index (χ1) is 11.9. The van der Waals surface area contributed by atoms with Crippen LogP contribution in [-0.4, -0.2) is 26.8 Å². The van der Waals surface area contributed by atoms with Gasteiger partial charge in [0.05, 0.1) is 12.1 Å². The lowest BCUT2D eigenvalue weighted by Gasteiger charge is -2.09. The molecule has 0 saturated heterocycles. The molecule has 2 rings (SSSR count). The van der Waals surface area contributed by atoms with Gasteiger partial charge in [-0.15, -0.1) is 5.10 Å². The number of hydrogen-bond donors (Lipinski definition) is 1. The Morgan fingerprint density at radius 1 is 1.15 bits per heavy atom. The summed E-state index contributed by atoms with van der Waals surface area (Å²) in [5, 5.41) is 5.36. The second-order valence-corrected chi connectivity index (χ2v) is 5.22. The molecule has 26 heavy (non-hydrogen) atoms. The molecule has 0 fully saturated rings. The molecule has 0 aliphatic heterocycles. The largest absolute Gasteiger partial charge is 0.451 e. The maximum atomic E-state index is 12.7. The molecule has 12 heteroatoms. The minimum absolute atomic E-state index is 0.274. The maximum absolute atomic E-state index is 12.7. The summed E-state index contributed by atoms with van der Waals surface area (Å²) in [6, 6.07) is 3.64. The number of rotatable bonds is 4. The van der Waals surface area contributed by atoms with Gasteiger partial charge in [0.2, 0.25) is 5.82 Å². The number of hydrogen-bond acceptors (Lipinski definition) is 3. The Morgan fingerprint density at radius 3 is 2.35 bits per heavy atom. The fourth-order valence-corrected chi connectivity index (χ4v) is 2.09. The topological polar surface area (TPSA) is 68.9 Å². The fraction of sp³-hybridized carbons (Fsp3) is 0.357. The lowest BCUT2D eigenvalue weighted by molar-refractivity contribution is -0.147. The van der Waals surface area contributed by atoms with Crippen LogP contribution < -0.4 is 11.0 Å². The number of carbonyl (C=O) groups excluding carboxylic acids is 1. The molecule has 1 amide bonds. The quantitative estimate of drug-likeness (QED) is 0.823. The first-order valence-electron chi connectivity index (χ1n) is 7.07. The molecule has 0 atom stereocenters. The number of benzene rings is 1. The van der Waals surface area contributed by atoms with Crippen LogP contribution in [0.2, 0.25) is 0 Å². The third kappa shape index (κ3) is 4.24. The van der Waals surface area contributed by atoms with Crippen molar-refractivity contribution < 1.29 is 31.1 Å². The molecule has 0 saturated carbocycles. The standard InChI is InChI=1S/C14H12F6N4O2/c1-23-11(14(18,19)20)22-24(12(23)26)6-5-21-10(25)8-3-2-4-9(7-8)13(15,16)17/h2-4,7H,5-6H2,1H3,(H,21,25). The number of nitrogens with zero attached hydrogens (tertiary/aromatic N) is 3. The van der Waals surface area contributed by atoms with Crippen molar-refractivity contribution in [2.24, 2.45) is 7.05 Å². The molecule has 1 N–H and O–H groups in total. The van der Waals surface area contributed by atoms with Gasteiger partial charge < -0.3 is 5.32 Å². The Morgan fingerprint density at radius 2 is 1.81 bits per heavy atom. The SMILES string of the molecule is Cn1c(C(F)(F)F)nn(CCNC(=O)c2cccc(C(F)(F)F)c2)c1=O. The Kier molecular flexibility index (Phi) is 5.14. The average Bonchev–Trinajstić information content (AvgIpc) is 2.82. The van der Waals surface area contributed by atoms with E-state index in [2.05, 4.69) is 10.4 Å². The molecule has 0 aliphatic rings. The number of amides is 1. The van der Waals surface area contributed by atoms with Crippen molar-refractivity contribution >= 4 is 5.91 Å². The van der Waals surface area contributed by atoms with Gasteiger partial charge in [-0.3, -0.25) is 9.36 Å². The van der Waals surface area contributed by atoms with Gasteiger partial charge in [-0.1, -0.05) is 6.07 Å². The van der Waals surface area contributed by atoms with Crippen molar-refractivity contribution in [3.8, 4) is 0 Å². The van der Waals surface area contributed by atoms with Gasteiger partial charge in [-0.2, -0.15) is 26.3 Å². The van der Waals surface area contributed by atoms with Crippen LogP contribution in [0, 0.1) is 0 Å². The molecule has 2 aromatic rings. The predicted molar refractivity (Wildman–Crippen MR) is 76.2 cm³/mol. The van der Waals surface area contributed by atoms with E-state index in [1.54, 1.807) is 0 Å². The van der Waals surface area contributed by atoms with Crippen LogP contribution >= 0.6 is 0 Å². The number of alkyl halides is 6. The summed E-state index contributed by atoms with van der Waals surface area (Å²) in [6.45, 7) is -0.684. The van der Waals surface area contributed by atoms with Gasteiger partial charge in [0.1, 0.15) is 0 Å². The number of halogens is 6. The van der Waals surface area contributed by atoms with Crippen LogP contribution in [-0.2, 0) is 25.9 Å². The number of carbonyl (C=O) groups is 1. The maximum Gasteiger partial charge on any atom is 0.451 e. The zero-order valence-electron chi connectivity index (χ0n) is 13.1. The zero-order valence-corrected chi connectivity index (χ0v) is 13.1. The highest BCUT2D eigenvalue weighted by atomic mass is 19.4. The van der Waals surface area contributed by atoms with E-state index in [0.717, 1.165) is 25.2 Å². The minimum atomic E-state index is -4.82. The lowest BCUT2D eigenvalue weighted by atomic mass is 10.1. The third-order valence-electron chi connectivity index (χ3n) is 3.36. The van der Waals surface area contributed by atoms with Crippen LogP contribution in [0.5, 0.6) is 0 Å². The fourth-order valence-electron chi connectivity index (χ4n) is 2.09. The highest BCUT2D eigenvalue weighted by Crippen LogP contribution is 2.29. The van der Waals surface area contributed by atoms with Crippen LogP contribution in [0.25, 0.3) is 0 Å². The van der Waals surface area contributed by atoms with Gasteiger partial charge in [-0.25, -0.2) is 9.48 Å². The molecule has 0 aliphatic carbocycles. The molecule has 0 bridgehead atoms. The predicted octanol–water partition coefficient (Wildman–Crippen LogP) is 2.05. The lowest BCUT2D eigenvalue weighted by Crippen LogP contribution is -2.32. The van der Waals surface area contributed by atoms with Gasteiger partial charge in [0, 0.05) is 19.2 Å². The van der Waals surface area contributed by atoms with Crippen LogP contribution in [0.15, 0.2) is 29.1 Å². The number of nitrogens with one attached hydrogen (secondary N) is 1. The van der Waals surface area contributed by atoms with E-state index in [-0.39, 0.29) is 18.7 Å². The van der Waals surface area contributed by atoms with E-state index < -0.39 is 35.3 Å². The summed E-state index contributed by atoms with van der Waals surface area (Å²) in [5.74, 6) is -2.26. The molecule has 142 valence electrons. The summed E-state index contributed by atoms with van der Waals surface area (Å²) in [6.07, 6.45) is -9.44. The van der Waals surface area contributed by atoms with E-state index in [9.17, 15) is 35.9 Å². The van der Waals surface area contributed by atoms with Gasteiger partial charge in [0.25, 0.3) is 5.91 Å².